The highest BCUT2D eigenvalue weighted by Gasteiger charge is 2.15. The summed E-state index contributed by atoms with van der Waals surface area (Å²) in [6, 6.07) is 11.0. The number of thiazole rings is 1. The summed E-state index contributed by atoms with van der Waals surface area (Å²) < 4.78 is 1.78. The van der Waals surface area contributed by atoms with E-state index in [1.807, 2.05) is 22.9 Å². The summed E-state index contributed by atoms with van der Waals surface area (Å²) in [4.78, 5) is 30.3. The second kappa shape index (κ2) is 8.73. The number of aromatic nitrogens is 3. The number of halogens is 1. The van der Waals surface area contributed by atoms with E-state index in [1.165, 1.54) is 11.3 Å². The molecule has 4 aromatic rings. The molecule has 29 heavy (non-hydrogen) atoms. The van der Waals surface area contributed by atoms with Crippen molar-refractivity contribution in [1.29, 1.82) is 0 Å². The first-order valence-electron chi connectivity index (χ1n) is 8.77. The quantitative estimate of drug-likeness (QED) is 0.446. The molecule has 0 bridgehead atoms. The van der Waals surface area contributed by atoms with Gasteiger partial charge in [0.1, 0.15) is 0 Å². The first-order chi connectivity index (χ1) is 14.1. The molecule has 0 saturated carbocycles. The summed E-state index contributed by atoms with van der Waals surface area (Å²) >= 11 is 8.91. The van der Waals surface area contributed by atoms with Crippen molar-refractivity contribution in [3.05, 3.63) is 63.4 Å². The van der Waals surface area contributed by atoms with Gasteiger partial charge in [0.2, 0.25) is 4.96 Å². The van der Waals surface area contributed by atoms with E-state index in [0.29, 0.717) is 23.8 Å². The lowest BCUT2D eigenvalue weighted by Gasteiger charge is -2.06. The molecule has 3 aromatic heterocycles. The lowest BCUT2D eigenvalue weighted by Crippen LogP contribution is -2.40. The van der Waals surface area contributed by atoms with Crippen molar-refractivity contribution in [3.8, 4) is 10.7 Å². The third-order valence-corrected chi connectivity index (χ3v) is 6.11. The topological polar surface area (TPSA) is 88.4 Å². The second-order valence-corrected chi connectivity index (χ2v) is 8.37. The van der Waals surface area contributed by atoms with Gasteiger partial charge in [0, 0.05) is 29.9 Å². The third kappa shape index (κ3) is 4.64. The fraction of sp³-hybridized carbons (Fsp3) is 0.158. The normalized spacial score (nSPS) is 10.9. The van der Waals surface area contributed by atoms with Crippen LogP contribution in [0, 0.1) is 0 Å². The second-order valence-electron chi connectivity index (χ2n) is 6.15. The van der Waals surface area contributed by atoms with E-state index in [1.54, 1.807) is 40.1 Å². The molecule has 0 fully saturated rings. The van der Waals surface area contributed by atoms with Crippen molar-refractivity contribution in [2.24, 2.45) is 0 Å². The minimum atomic E-state index is -0.670. The Morgan fingerprint density at radius 3 is 2.62 bits per heavy atom. The van der Waals surface area contributed by atoms with Crippen LogP contribution in [0.15, 0.2) is 47.2 Å². The zero-order chi connectivity index (χ0) is 20.2. The van der Waals surface area contributed by atoms with Gasteiger partial charge in [-0.25, -0.2) is 4.52 Å². The van der Waals surface area contributed by atoms with Gasteiger partial charge in [-0.3, -0.25) is 9.59 Å². The Bertz CT molecular complexity index is 1140. The van der Waals surface area contributed by atoms with Crippen molar-refractivity contribution < 1.29 is 9.59 Å². The van der Waals surface area contributed by atoms with Gasteiger partial charge in [-0.15, -0.1) is 27.8 Å². The summed E-state index contributed by atoms with van der Waals surface area (Å²) in [6.07, 6.45) is 0.545. The van der Waals surface area contributed by atoms with Gasteiger partial charge in [-0.2, -0.15) is 4.98 Å². The van der Waals surface area contributed by atoms with Crippen molar-refractivity contribution in [3.63, 3.8) is 0 Å². The number of carbonyl (C=O) groups excluding carboxylic acids is 2. The third-order valence-electron chi connectivity index (χ3n) is 4.13. The molecule has 0 unspecified atom stereocenters. The Hall–Kier alpha value is -2.75. The maximum atomic E-state index is 12.0. The number of amides is 2. The zero-order valence-corrected chi connectivity index (χ0v) is 17.5. The fourth-order valence-corrected chi connectivity index (χ4v) is 4.29. The molecule has 0 radical (unpaired) electrons. The number of rotatable bonds is 6. The predicted molar refractivity (Wildman–Crippen MR) is 114 cm³/mol. The van der Waals surface area contributed by atoms with Crippen LogP contribution < -0.4 is 10.6 Å². The average molecular weight is 446 g/mol. The van der Waals surface area contributed by atoms with Gasteiger partial charge in [0.25, 0.3) is 0 Å². The monoisotopic (exact) mass is 445 g/mol. The summed E-state index contributed by atoms with van der Waals surface area (Å²) in [5, 5.41) is 14.3. The number of nitrogens with one attached hydrogen (secondary N) is 2. The molecule has 1 aromatic carbocycles. The van der Waals surface area contributed by atoms with E-state index >= 15 is 0 Å². The molecule has 3 heterocycles. The number of hydrogen-bond acceptors (Lipinski definition) is 6. The van der Waals surface area contributed by atoms with Crippen LogP contribution in [0.4, 0.5) is 0 Å². The van der Waals surface area contributed by atoms with Gasteiger partial charge in [0.15, 0.2) is 5.82 Å². The predicted octanol–water partition coefficient (Wildman–Crippen LogP) is 3.15. The molecular formula is C19H16ClN5O2S2. The molecule has 10 heteroatoms. The van der Waals surface area contributed by atoms with E-state index in [4.69, 9.17) is 11.6 Å². The molecule has 0 aliphatic rings. The van der Waals surface area contributed by atoms with Gasteiger partial charge in [-0.1, -0.05) is 29.8 Å². The minimum absolute atomic E-state index is 0.263. The first-order valence-corrected chi connectivity index (χ1v) is 10.9. The van der Waals surface area contributed by atoms with E-state index in [2.05, 4.69) is 20.7 Å². The van der Waals surface area contributed by atoms with Crippen molar-refractivity contribution in [1.82, 2.24) is 25.2 Å². The van der Waals surface area contributed by atoms with Crippen molar-refractivity contribution >= 4 is 51.0 Å². The van der Waals surface area contributed by atoms with Crippen LogP contribution in [0.1, 0.15) is 11.3 Å². The molecular weight excluding hydrogens is 430 g/mol. The number of carbonyl (C=O) groups is 2. The standard InChI is InChI=1S/C19H16ClN5O2S2/c20-13-5-3-12(4-6-13)10-22-18(27)17(26)21-8-7-14-11-29-19-23-16(24-25(14)19)15-2-1-9-28-15/h1-6,9,11H,7-8,10H2,(H,21,26)(H,22,27). The van der Waals surface area contributed by atoms with Crippen molar-refractivity contribution in [2.75, 3.05) is 6.54 Å². The highest BCUT2D eigenvalue weighted by Crippen LogP contribution is 2.24. The summed E-state index contributed by atoms with van der Waals surface area (Å²) in [5.41, 5.74) is 1.80. The van der Waals surface area contributed by atoms with Gasteiger partial charge in [0.05, 0.1) is 10.6 Å². The molecule has 148 valence electrons. The molecule has 0 atom stereocenters. The average Bonchev–Trinajstić information content (AvgIpc) is 3.45. The van der Waals surface area contributed by atoms with E-state index in [-0.39, 0.29) is 6.54 Å². The van der Waals surface area contributed by atoms with Crippen molar-refractivity contribution in [2.45, 2.75) is 13.0 Å². The molecule has 0 aliphatic carbocycles. The van der Waals surface area contributed by atoms with Crippen LogP contribution in [0.5, 0.6) is 0 Å². The number of nitrogens with zero attached hydrogens (tertiary/aromatic N) is 3. The van der Waals surface area contributed by atoms with Gasteiger partial charge >= 0.3 is 11.8 Å². The minimum Gasteiger partial charge on any atom is -0.347 e. The number of hydrogen-bond donors (Lipinski definition) is 2. The maximum Gasteiger partial charge on any atom is 0.309 e. The Balaban J connectivity index is 1.28. The van der Waals surface area contributed by atoms with Crippen LogP contribution in [0.3, 0.4) is 0 Å². The molecule has 0 spiro atoms. The molecule has 4 rings (SSSR count). The Kier molecular flexibility index (Phi) is 5.89. The smallest absolute Gasteiger partial charge is 0.309 e. The molecule has 0 saturated heterocycles. The number of fused-ring (bicyclic) bond motifs is 1. The Morgan fingerprint density at radius 1 is 1.07 bits per heavy atom. The largest absolute Gasteiger partial charge is 0.347 e. The fourth-order valence-electron chi connectivity index (χ4n) is 2.66. The Morgan fingerprint density at radius 2 is 1.86 bits per heavy atom. The lowest BCUT2D eigenvalue weighted by atomic mass is 10.2. The molecule has 7 nitrogen and oxygen atoms in total. The number of thiophene rings is 1. The van der Waals surface area contributed by atoms with Crippen LogP contribution in [0.25, 0.3) is 15.7 Å². The highest BCUT2D eigenvalue weighted by atomic mass is 35.5. The van der Waals surface area contributed by atoms with Crippen LogP contribution in [0.2, 0.25) is 5.02 Å². The van der Waals surface area contributed by atoms with E-state index in [0.717, 1.165) is 21.1 Å². The van der Waals surface area contributed by atoms with Gasteiger partial charge < -0.3 is 10.6 Å². The summed E-state index contributed by atoms with van der Waals surface area (Å²) in [5.74, 6) is -0.641. The zero-order valence-electron chi connectivity index (χ0n) is 15.1. The highest BCUT2D eigenvalue weighted by molar-refractivity contribution is 7.15. The maximum absolute atomic E-state index is 12.0. The van der Waals surface area contributed by atoms with E-state index in [9.17, 15) is 9.59 Å². The summed E-state index contributed by atoms with van der Waals surface area (Å²) in [6.45, 7) is 0.590. The SMILES string of the molecule is O=C(NCCc1csc2nc(-c3cccs3)nn12)C(=O)NCc1ccc(Cl)cc1. The van der Waals surface area contributed by atoms with Crippen LogP contribution in [-0.2, 0) is 22.6 Å². The first kappa shape index (κ1) is 19.6. The van der Waals surface area contributed by atoms with Gasteiger partial charge in [-0.05, 0) is 29.1 Å². The summed E-state index contributed by atoms with van der Waals surface area (Å²) in [7, 11) is 0. The van der Waals surface area contributed by atoms with E-state index < -0.39 is 11.8 Å². The Labute approximate surface area is 179 Å². The van der Waals surface area contributed by atoms with Crippen LogP contribution in [-0.4, -0.2) is 33.0 Å². The molecule has 2 amide bonds. The molecule has 2 N–H and O–H groups in total. The number of benzene rings is 1. The molecule has 0 aliphatic heterocycles. The van der Waals surface area contributed by atoms with Crippen LogP contribution >= 0.6 is 34.3 Å². The lowest BCUT2D eigenvalue weighted by molar-refractivity contribution is -0.139.